The van der Waals surface area contributed by atoms with Gasteiger partial charge in [-0.05, 0) is 48.9 Å². The van der Waals surface area contributed by atoms with E-state index in [0.717, 1.165) is 0 Å². The molecule has 0 spiro atoms. The lowest BCUT2D eigenvalue weighted by molar-refractivity contribution is -0.114. The molecular weight excluding hydrogens is 372 g/mol. The number of benzene rings is 2. The minimum Gasteiger partial charge on any atom is -0.493 e. The average molecular weight is 390 g/mol. The second-order valence-electron chi connectivity index (χ2n) is 6.12. The van der Waals surface area contributed by atoms with Gasteiger partial charge in [0.15, 0.2) is 11.5 Å². The molecule has 1 aliphatic heterocycles. The summed E-state index contributed by atoms with van der Waals surface area (Å²) in [5, 5.41) is 14.6. The van der Waals surface area contributed by atoms with E-state index in [0.29, 0.717) is 34.0 Å². The summed E-state index contributed by atoms with van der Waals surface area (Å²) in [4.78, 5) is 24.1. The highest BCUT2D eigenvalue weighted by Gasteiger charge is 2.29. The second kappa shape index (κ2) is 8.31. The molecule has 0 radical (unpaired) electrons. The van der Waals surface area contributed by atoms with Crippen LogP contribution in [0, 0.1) is 12.3 Å². The number of amides is 1. The first-order valence-corrected chi connectivity index (χ1v) is 8.64. The number of hydrogen-bond acceptors (Lipinski definition) is 5. The maximum Gasteiger partial charge on any atom is 0.335 e. The molecule has 1 aliphatic rings. The van der Waals surface area contributed by atoms with Crippen molar-refractivity contribution in [3.63, 3.8) is 0 Å². The number of nitrogens with zero attached hydrogens (tertiary/aromatic N) is 2. The van der Waals surface area contributed by atoms with Gasteiger partial charge in [-0.25, -0.2) is 4.79 Å². The highest BCUT2D eigenvalue weighted by molar-refractivity contribution is 6.32. The van der Waals surface area contributed by atoms with Crippen molar-refractivity contribution in [2.24, 2.45) is 5.10 Å². The van der Waals surface area contributed by atoms with E-state index in [9.17, 15) is 9.59 Å². The molecule has 2 aromatic rings. The van der Waals surface area contributed by atoms with E-state index in [2.05, 4.69) is 11.0 Å². The minimum atomic E-state index is -1.07. The fourth-order valence-corrected chi connectivity index (χ4v) is 2.81. The van der Waals surface area contributed by atoms with E-state index in [1.165, 1.54) is 24.3 Å². The van der Waals surface area contributed by atoms with E-state index in [-0.39, 0.29) is 18.1 Å². The van der Waals surface area contributed by atoms with Crippen molar-refractivity contribution in [2.75, 3.05) is 18.7 Å². The fraction of sp³-hybridized carbons (Fsp3) is 0.136. The van der Waals surface area contributed by atoms with Gasteiger partial charge < -0.3 is 14.6 Å². The molecule has 0 saturated carbocycles. The normalized spacial score (nSPS) is 14.5. The Kier molecular flexibility index (Phi) is 5.65. The zero-order valence-electron chi connectivity index (χ0n) is 15.9. The van der Waals surface area contributed by atoms with Crippen molar-refractivity contribution in [1.82, 2.24) is 0 Å². The van der Waals surface area contributed by atoms with Gasteiger partial charge >= 0.3 is 5.97 Å². The Morgan fingerprint density at radius 2 is 2.07 bits per heavy atom. The molecule has 29 heavy (non-hydrogen) atoms. The van der Waals surface area contributed by atoms with E-state index in [1.807, 2.05) is 0 Å². The maximum atomic E-state index is 12.9. The van der Waals surface area contributed by atoms with Crippen LogP contribution in [0.25, 0.3) is 6.08 Å². The predicted molar refractivity (Wildman–Crippen MR) is 109 cm³/mol. The van der Waals surface area contributed by atoms with Crippen LogP contribution in [0.4, 0.5) is 5.69 Å². The van der Waals surface area contributed by atoms with Crippen LogP contribution in [-0.2, 0) is 4.79 Å². The molecule has 1 heterocycles. The lowest BCUT2D eigenvalue weighted by atomic mass is 10.1. The van der Waals surface area contributed by atoms with Crippen LogP contribution in [0.5, 0.6) is 11.5 Å². The Bertz CT molecular complexity index is 1080. The number of hydrogen-bond donors (Lipinski definition) is 1. The Labute approximate surface area is 167 Å². The molecular formula is C22H18N2O5. The van der Waals surface area contributed by atoms with Crippen LogP contribution in [0.2, 0.25) is 0 Å². The molecule has 3 rings (SSSR count). The number of carboxylic acid groups (broad SMARTS) is 1. The van der Waals surface area contributed by atoms with Crippen molar-refractivity contribution in [3.05, 3.63) is 59.2 Å². The number of carbonyl (C=O) groups is 2. The van der Waals surface area contributed by atoms with Crippen molar-refractivity contribution in [1.29, 1.82) is 0 Å². The summed E-state index contributed by atoms with van der Waals surface area (Å²) in [6, 6.07) is 11.3. The highest BCUT2D eigenvalue weighted by Crippen LogP contribution is 2.30. The zero-order chi connectivity index (χ0) is 21.0. The number of hydrazone groups is 1. The van der Waals surface area contributed by atoms with Crippen LogP contribution < -0.4 is 14.5 Å². The highest BCUT2D eigenvalue weighted by atomic mass is 16.5. The summed E-state index contributed by atoms with van der Waals surface area (Å²) in [7, 11) is 1.51. The topological polar surface area (TPSA) is 88.4 Å². The van der Waals surface area contributed by atoms with Gasteiger partial charge in [0.1, 0.15) is 6.61 Å². The number of aromatic carboxylic acids is 1. The molecule has 1 N–H and O–H groups in total. The molecule has 1 amide bonds. The zero-order valence-corrected chi connectivity index (χ0v) is 15.9. The molecule has 0 atom stereocenters. The number of rotatable bonds is 6. The monoisotopic (exact) mass is 390 g/mol. The lowest BCUT2D eigenvalue weighted by Gasteiger charge is -2.12. The quantitative estimate of drug-likeness (QED) is 0.604. The Balaban J connectivity index is 1.91. The third kappa shape index (κ3) is 4.12. The standard InChI is InChI=1S/C22H18N2O5/c1-4-10-29-19-9-8-15(12-20(19)28-3)11-18-14(2)23-24(21(18)25)17-7-5-6-16(13-17)22(26)27/h1,5-9,11-13H,10H2,2-3H3,(H,26,27). The van der Waals surface area contributed by atoms with Gasteiger partial charge in [0.05, 0.1) is 29.6 Å². The van der Waals surface area contributed by atoms with Crippen LogP contribution in [0.3, 0.4) is 0 Å². The third-order valence-electron chi connectivity index (χ3n) is 4.21. The molecule has 7 heteroatoms. The molecule has 0 unspecified atom stereocenters. The SMILES string of the molecule is C#CCOc1ccc(C=C2C(=O)N(c3cccc(C(=O)O)c3)N=C2C)cc1OC. The molecule has 146 valence electrons. The predicted octanol–water partition coefficient (Wildman–Crippen LogP) is 3.21. The van der Waals surface area contributed by atoms with E-state index in [1.54, 1.807) is 43.3 Å². The summed E-state index contributed by atoms with van der Waals surface area (Å²) >= 11 is 0. The summed E-state index contributed by atoms with van der Waals surface area (Å²) in [6.45, 7) is 1.83. The van der Waals surface area contributed by atoms with E-state index >= 15 is 0 Å². The number of terminal acetylenes is 1. The van der Waals surface area contributed by atoms with Gasteiger partial charge in [-0.3, -0.25) is 4.79 Å². The van der Waals surface area contributed by atoms with Gasteiger partial charge in [0.25, 0.3) is 5.91 Å². The van der Waals surface area contributed by atoms with E-state index in [4.69, 9.17) is 21.0 Å². The molecule has 0 aliphatic carbocycles. The smallest absolute Gasteiger partial charge is 0.335 e. The van der Waals surface area contributed by atoms with Gasteiger partial charge in [0, 0.05) is 0 Å². The van der Waals surface area contributed by atoms with E-state index < -0.39 is 5.97 Å². The first-order valence-electron chi connectivity index (χ1n) is 8.64. The van der Waals surface area contributed by atoms with Gasteiger partial charge in [-0.15, -0.1) is 6.42 Å². The molecule has 0 saturated heterocycles. The Morgan fingerprint density at radius 1 is 1.28 bits per heavy atom. The lowest BCUT2D eigenvalue weighted by Crippen LogP contribution is -2.21. The number of carboxylic acids is 1. The fourth-order valence-electron chi connectivity index (χ4n) is 2.81. The number of methoxy groups -OCH3 is 1. The number of carbonyl (C=O) groups excluding carboxylic acids is 1. The summed E-state index contributed by atoms with van der Waals surface area (Å²) in [5.74, 6) is 1.96. The van der Waals surface area contributed by atoms with Gasteiger partial charge in [0.2, 0.25) is 0 Å². The first kappa shape index (κ1) is 19.7. The maximum absolute atomic E-state index is 12.9. The van der Waals surface area contributed by atoms with Crippen LogP contribution in [-0.4, -0.2) is 36.4 Å². The average Bonchev–Trinajstić information content (AvgIpc) is 3.01. The number of ether oxygens (including phenoxy) is 2. The van der Waals surface area contributed by atoms with Crippen LogP contribution in [0.15, 0.2) is 53.1 Å². The van der Waals surface area contributed by atoms with Crippen molar-refractivity contribution in [2.45, 2.75) is 6.92 Å². The molecule has 0 aromatic heterocycles. The minimum absolute atomic E-state index is 0.0767. The summed E-state index contributed by atoms with van der Waals surface area (Å²) in [6.07, 6.45) is 6.90. The van der Waals surface area contributed by atoms with Gasteiger partial charge in [-0.2, -0.15) is 10.1 Å². The molecule has 0 fully saturated rings. The summed E-state index contributed by atoms with van der Waals surface area (Å²) in [5.41, 5.74) is 2.09. The van der Waals surface area contributed by atoms with Gasteiger partial charge in [-0.1, -0.05) is 18.1 Å². The largest absolute Gasteiger partial charge is 0.493 e. The Hall–Kier alpha value is -4.05. The van der Waals surface area contributed by atoms with Crippen LogP contribution >= 0.6 is 0 Å². The number of anilines is 1. The molecule has 0 bridgehead atoms. The third-order valence-corrected chi connectivity index (χ3v) is 4.21. The van der Waals surface area contributed by atoms with Crippen molar-refractivity contribution >= 4 is 29.4 Å². The molecule has 7 nitrogen and oxygen atoms in total. The summed E-state index contributed by atoms with van der Waals surface area (Å²) < 4.78 is 10.7. The van der Waals surface area contributed by atoms with Crippen LogP contribution in [0.1, 0.15) is 22.8 Å². The molecule has 2 aromatic carbocycles. The van der Waals surface area contributed by atoms with Crippen molar-refractivity contribution in [3.8, 4) is 23.8 Å². The first-order chi connectivity index (χ1) is 13.9. The second-order valence-corrected chi connectivity index (χ2v) is 6.12. The Morgan fingerprint density at radius 3 is 2.76 bits per heavy atom. The van der Waals surface area contributed by atoms with Crippen molar-refractivity contribution < 1.29 is 24.2 Å².